The Morgan fingerprint density at radius 3 is 2.68 bits per heavy atom. The number of aromatic amines is 1. The standard InChI is InChI=1S/C18H18N4O6/c1-26-9-15(23)19-13-5-4-10(6-14(13)27-2)22-7-11-16(20-21-17(11)24)12(8-22)18(25)28-3/h4-8H,9H2,1-3H3,(H,19,23)(H,21,24). The van der Waals surface area contributed by atoms with Gasteiger partial charge in [0.2, 0.25) is 5.91 Å². The van der Waals surface area contributed by atoms with Gasteiger partial charge in [0.15, 0.2) is 0 Å². The van der Waals surface area contributed by atoms with Gasteiger partial charge in [0.25, 0.3) is 5.56 Å². The number of nitrogens with zero attached hydrogens (tertiary/aromatic N) is 2. The molecule has 2 N–H and O–H groups in total. The van der Waals surface area contributed by atoms with Crippen LogP contribution in [0, 0.1) is 0 Å². The monoisotopic (exact) mass is 386 g/mol. The minimum Gasteiger partial charge on any atom is -0.494 e. The summed E-state index contributed by atoms with van der Waals surface area (Å²) in [6.07, 6.45) is 3.05. The number of carbonyl (C=O) groups is 2. The van der Waals surface area contributed by atoms with Gasteiger partial charge in [0, 0.05) is 31.3 Å². The number of nitrogens with one attached hydrogen (secondary N) is 2. The lowest BCUT2D eigenvalue weighted by molar-refractivity contribution is -0.119. The van der Waals surface area contributed by atoms with Crippen LogP contribution in [0.4, 0.5) is 5.69 Å². The summed E-state index contributed by atoms with van der Waals surface area (Å²) in [5.41, 5.74) is 1.22. The lowest BCUT2D eigenvalue weighted by Crippen LogP contribution is -2.17. The van der Waals surface area contributed by atoms with Crippen molar-refractivity contribution >= 4 is 17.6 Å². The number of hydrogen-bond acceptors (Lipinski definition) is 7. The molecule has 0 aromatic heterocycles. The normalized spacial score (nSPS) is 10.7. The average molecular weight is 386 g/mol. The first-order chi connectivity index (χ1) is 13.5. The Labute approximate surface area is 159 Å². The van der Waals surface area contributed by atoms with Gasteiger partial charge < -0.3 is 24.1 Å². The third kappa shape index (κ3) is 3.58. The number of pyridine rings is 1. The lowest BCUT2D eigenvalue weighted by Gasteiger charge is -2.15. The Bertz CT molecular complexity index is 1050. The Balaban J connectivity index is 2.08. The predicted molar refractivity (Wildman–Crippen MR) is 99.2 cm³/mol. The van der Waals surface area contributed by atoms with Crippen molar-refractivity contribution in [1.29, 1.82) is 0 Å². The quantitative estimate of drug-likeness (QED) is 0.607. The molecule has 10 nitrogen and oxygen atoms in total. The van der Waals surface area contributed by atoms with E-state index in [1.165, 1.54) is 27.5 Å². The zero-order valence-electron chi connectivity index (χ0n) is 15.4. The van der Waals surface area contributed by atoms with Gasteiger partial charge in [-0.05, 0) is 12.1 Å². The summed E-state index contributed by atoms with van der Waals surface area (Å²) >= 11 is 0. The highest BCUT2D eigenvalue weighted by Crippen LogP contribution is 2.29. The number of amides is 1. The molecule has 0 spiro atoms. The third-order valence-electron chi connectivity index (χ3n) is 4.00. The fourth-order valence-corrected chi connectivity index (χ4v) is 2.71. The molecule has 2 heterocycles. The molecule has 0 aliphatic carbocycles. The third-order valence-corrected chi connectivity index (χ3v) is 4.00. The summed E-state index contributed by atoms with van der Waals surface area (Å²) in [4.78, 5) is 35.9. The van der Waals surface area contributed by atoms with Gasteiger partial charge >= 0.3 is 5.97 Å². The van der Waals surface area contributed by atoms with E-state index in [2.05, 4.69) is 15.5 Å². The number of ether oxygens (including phenoxy) is 3. The second kappa shape index (κ2) is 7.92. The van der Waals surface area contributed by atoms with Crippen LogP contribution in [0.25, 0.3) is 16.9 Å². The van der Waals surface area contributed by atoms with Crippen molar-refractivity contribution in [2.75, 3.05) is 33.3 Å². The summed E-state index contributed by atoms with van der Waals surface area (Å²) < 4.78 is 16.5. The van der Waals surface area contributed by atoms with Gasteiger partial charge in [-0.25, -0.2) is 9.89 Å². The molecule has 0 unspecified atom stereocenters. The van der Waals surface area contributed by atoms with Crippen molar-refractivity contribution in [3.63, 3.8) is 0 Å². The number of anilines is 1. The van der Waals surface area contributed by atoms with E-state index >= 15 is 0 Å². The van der Waals surface area contributed by atoms with Crippen LogP contribution in [0.2, 0.25) is 0 Å². The number of benzene rings is 1. The van der Waals surface area contributed by atoms with Crippen LogP contribution in [0.15, 0.2) is 35.4 Å². The van der Waals surface area contributed by atoms with Crippen LogP contribution in [0.1, 0.15) is 10.4 Å². The molecule has 0 radical (unpaired) electrons. The first kappa shape index (κ1) is 19.1. The van der Waals surface area contributed by atoms with Gasteiger partial charge in [-0.15, -0.1) is 0 Å². The molecule has 28 heavy (non-hydrogen) atoms. The van der Waals surface area contributed by atoms with E-state index in [-0.39, 0.29) is 29.3 Å². The predicted octanol–water partition coefficient (Wildman–Crippen LogP) is 1.05. The SMILES string of the molecule is COCC(=O)Nc1ccc(-n2cc(C(=O)OC)c3n[nH]c(=O)c-3c2)cc1OC. The van der Waals surface area contributed by atoms with Crippen molar-refractivity contribution in [2.45, 2.75) is 0 Å². The van der Waals surface area contributed by atoms with E-state index in [1.807, 2.05) is 0 Å². The maximum atomic E-state index is 12.1. The number of carbonyl (C=O) groups excluding carboxylic acids is 2. The van der Waals surface area contributed by atoms with Gasteiger partial charge in [-0.3, -0.25) is 9.59 Å². The molecule has 0 fully saturated rings. The zero-order valence-corrected chi connectivity index (χ0v) is 15.4. The van der Waals surface area contributed by atoms with Crippen LogP contribution >= 0.6 is 0 Å². The van der Waals surface area contributed by atoms with Crippen molar-refractivity contribution in [3.8, 4) is 22.7 Å². The first-order valence-corrected chi connectivity index (χ1v) is 8.14. The Hall–Kier alpha value is -3.66. The molecule has 0 saturated heterocycles. The van der Waals surface area contributed by atoms with Crippen LogP contribution < -0.4 is 15.6 Å². The molecule has 10 heteroatoms. The molecule has 0 bridgehead atoms. The van der Waals surface area contributed by atoms with E-state index in [0.29, 0.717) is 17.1 Å². The van der Waals surface area contributed by atoms with Gasteiger partial charge in [0.05, 0.1) is 25.5 Å². The summed E-state index contributed by atoms with van der Waals surface area (Å²) in [6.45, 7) is -0.0917. The fourth-order valence-electron chi connectivity index (χ4n) is 2.71. The molecular weight excluding hydrogens is 368 g/mol. The highest BCUT2D eigenvalue weighted by atomic mass is 16.5. The van der Waals surface area contributed by atoms with Gasteiger partial charge in [0.1, 0.15) is 23.6 Å². The van der Waals surface area contributed by atoms with Crippen molar-refractivity contribution in [1.82, 2.24) is 14.8 Å². The lowest BCUT2D eigenvalue weighted by atomic mass is 10.1. The van der Waals surface area contributed by atoms with Crippen molar-refractivity contribution in [3.05, 3.63) is 46.5 Å². The second-order valence-corrected chi connectivity index (χ2v) is 5.75. The van der Waals surface area contributed by atoms with Gasteiger partial charge in [-0.1, -0.05) is 0 Å². The minimum absolute atomic E-state index is 0.0917. The van der Waals surface area contributed by atoms with Crippen molar-refractivity contribution < 1.29 is 23.8 Å². The zero-order chi connectivity index (χ0) is 20.3. The number of rotatable bonds is 6. The Morgan fingerprint density at radius 1 is 1.21 bits per heavy atom. The highest BCUT2D eigenvalue weighted by Gasteiger charge is 2.22. The molecule has 146 valence electrons. The number of methoxy groups -OCH3 is 3. The van der Waals surface area contributed by atoms with Gasteiger partial charge in [-0.2, -0.15) is 5.10 Å². The van der Waals surface area contributed by atoms with E-state index in [9.17, 15) is 14.4 Å². The first-order valence-electron chi connectivity index (χ1n) is 8.14. The molecule has 0 atom stereocenters. The number of aromatic nitrogens is 3. The Kier molecular flexibility index (Phi) is 5.41. The van der Waals surface area contributed by atoms with Crippen LogP contribution in [-0.2, 0) is 14.3 Å². The van der Waals surface area contributed by atoms with E-state index in [0.717, 1.165) is 0 Å². The van der Waals surface area contributed by atoms with Crippen LogP contribution in [0.3, 0.4) is 0 Å². The summed E-state index contributed by atoms with van der Waals surface area (Å²) in [5.74, 6) is -0.560. The molecule has 2 aliphatic rings. The smallest absolute Gasteiger partial charge is 0.341 e. The highest BCUT2D eigenvalue weighted by molar-refractivity contribution is 5.96. The molecule has 2 aliphatic heterocycles. The Morgan fingerprint density at radius 2 is 2.00 bits per heavy atom. The average Bonchev–Trinajstić information content (AvgIpc) is 3.08. The van der Waals surface area contributed by atoms with Crippen molar-refractivity contribution in [2.24, 2.45) is 0 Å². The summed E-state index contributed by atoms with van der Waals surface area (Å²) in [6, 6.07) is 4.99. The topological polar surface area (TPSA) is 125 Å². The van der Waals surface area contributed by atoms with Crippen LogP contribution in [-0.4, -0.2) is 54.6 Å². The summed E-state index contributed by atoms with van der Waals surface area (Å²) in [5, 5.41) is 8.89. The maximum Gasteiger partial charge on any atom is 0.341 e. The molecule has 1 aromatic rings. The van der Waals surface area contributed by atoms with E-state index in [1.54, 1.807) is 29.0 Å². The van der Waals surface area contributed by atoms with E-state index in [4.69, 9.17) is 14.2 Å². The molecule has 0 saturated carbocycles. The number of H-pyrrole nitrogens is 1. The maximum absolute atomic E-state index is 12.1. The summed E-state index contributed by atoms with van der Waals surface area (Å²) in [7, 11) is 4.13. The largest absolute Gasteiger partial charge is 0.494 e. The van der Waals surface area contributed by atoms with Crippen LogP contribution in [0.5, 0.6) is 5.75 Å². The number of esters is 1. The van der Waals surface area contributed by atoms with E-state index < -0.39 is 11.5 Å². The number of fused-ring (bicyclic) bond motifs is 1. The molecule has 3 rings (SSSR count). The fraction of sp³-hybridized carbons (Fsp3) is 0.222. The second-order valence-electron chi connectivity index (χ2n) is 5.75. The minimum atomic E-state index is -0.624. The molecule has 1 amide bonds. The number of hydrogen-bond donors (Lipinski definition) is 2. The molecule has 1 aromatic carbocycles. The molecular formula is C18H18N4O6.